The quantitative estimate of drug-likeness (QED) is 0.347. The van der Waals surface area contributed by atoms with Crippen LogP contribution < -0.4 is 4.57 Å². The van der Waals surface area contributed by atoms with Crippen molar-refractivity contribution in [1.29, 1.82) is 0 Å². The zero-order chi connectivity index (χ0) is 21.6. The summed E-state index contributed by atoms with van der Waals surface area (Å²) in [6, 6.07) is 6.81. The molecule has 0 saturated carbocycles. The van der Waals surface area contributed by atoms with E-state index in [0.717, 1.165) is 5.82 Å². The first-order valence-electron chi connectivity index (χ1n) is 9.76. The van der Waals surface area contributed by atoms with Gasteiger partial charge in [-0.1, -0.05) is 24.3 Å². The van der Waals surface area contributed by atoms with E-state index in [1.54, 1.807) is 24.3 Å². The maximum Gasteiger partial charge on any atom is 0.263 e. The highest BCUT2D eigenvalue weighted by molar-refractivity contribution is 7.85. The number of rotatable bonds is 6. The fraction of sp³-hybridized carbons (Fsp3) is 0.476. The second-order valence-corrected chi connectivity index (χ2v) is 9.86. The van der Waals surface area contributed by atoms with Crippen LogP contribution in [0.4, 0.5) is 0 Å². The second kappa shape index (κ2) is 7.50. The standard InChI is InChI=1S/C21H26N2O5S/c1-5-22-16-17(19(25)15-11-7-6-10-14(15)18(16)24)23(20(22)21(2,3)4)12-8-9-13-29(26,27)28/h6-7,10-11H,5,8-9,12-13H2,1-4H3. The van der Waals surface area contributed by atoms with Crippen molar-refractivity contribution in [3.8, 4) is 0 Å². The Morgan fingerprint density at radius 1 is 1.03 bits per heavy atom. The van der Waals surface area contributed by atoms with Gasteiger partial charge in [0.1, 0.15) is 0 Å². The van der Waals surface area contributed by atoms with Crippen LogP contribution in [0.25, 0.3) is 0 Å². The van der Waals surface area contributed by atoms with Crippen LogP contribution in [0, 0.1) is 0 Å². The number of hydrogen-bond acceptors (Lipinski definition) is 5. The second-order valence-electron chi connectivity index (χ2n) is 8.34. The Morgan fingerprint density at radius 3 is 2.14 bits per heavy atom. The molecule has 0 N–H and O–H groups in total. The molecule has 0 radical (unpaired) electrons. The van der Waals surface area contributed by atoms with Crippen LogP contribution >= 0.6 is 0 Å². The Balaban J connectivity index is 2.16. The molecular weight excluding hydrogens is 392 g/mol. The molecule has 0 aliphatic heterocycles. The lowest BCUT2D eigenvalue weighted by molar-refractivity contribution is -0.708. The summed E-state index contributed by atoms with van der Waals surface area (Å²) < 4.78 is 36.5. The highest BCUT2D eigenvalue weighted by atomic mass is 32.2. The third kappa shape index (κ3) is 3.91. The molecule has 0 fully saturated rings. The minimum absolute atomic E-state index is 0.177. The molecule has 156 valence electrons. The number of fused-ring (bicyclic) bond motifs is 2. The number of imidazole rings is 1. The molecule has 1 aromatic carbocycles. The summed E-state index contributed by atoms with van der Waals surface area (Å²) in [6.07, 6.45) is 0.617. The van der Waals surface area contributed by atoms with E-state index in [1.165, 1.54) is 0 Å². The molecule has 1 aliphatic carbocycles. The van der Waals surface area contributed by atoms with Crippen molar-refractivity contribution in [3.05, 3.63) is 52.6 Å². The predicted molar refractivity (Wildman–Crippen MR) is 106 cm³/mol. The van der Waals surface area contributed by atoms with Gasteiger partial charge in [-0.3, -0.25) is 9.59 Å². The topological polar surface area (TPSA) is 100 Å². The van der Waals surface area contributed by atoms with Gasteiger partial charge in [0.05, 0.1) is 28.6 Å². The van der Waals surface area contributed by atoms with E-state index in [9.17, 15) is 22.6 Å². The Labute approximate surface area is 171 Å². The maximum absolute atomic E-state index is 13.3. The molecule has 0 unspecified atom stereocenters. The number of ketones is 2. The van der Waals surface area contributed by atoms with Crippen LogP contribution in [0.5, 0.6) is 0 Å². The minimum atomic E-state index is -4.28. The van der Waals surface area contributed by atoms with E-state index in [-0.39, 0.29) is 23.4 Å². The highest BCUT2D eigenvalue weighted by Gasteiger charge is 2.46. The van der Waals surface area contributed by atoms with Crippen molar-refractivity contribution in [1.82, 2.24) is 4.57 Å². The van der Waals surface area contributed by atoms with Crippen LogP contribution in [0.3, 0.4) is 0 Å². The lowest BCUT2D eigenvalue weighted by Crippen LogP contribution is -2.47. The molecule has 0 atom stereocenters. The van der Waals surface area contributed by atoms with Crippen molar-refractivity contribution in [2.75, 3.05) is 5.75 Å². The molecule has 2 aromatic rings. The maximum atomic E-state index is 13.3. The van der Waals surface area contributed by atoms with Gasteiger partial charge < -0.3 is 4.55 Å². The molecule has 8 heteroatoms. The van der Waals surface area contributed by atoms with Crippen LogP contribution in [-0.2, 0) is 28.6 Å². The van der Waals surface area contributed by atoms with Gasteiger partial charge >= 0.3 is 0 Å². The van der Waals surface area contributed by atoms with Gasteiger partial charge in [-0.2, -0.15) is 0 Å². The number of unbranched alkanes of at least 4 members (excludes halogenated alkanes) is 1. The van der Waals surface area contributed by atoms with E-state index < -0.39 is 15.9 Å². The largest absolute Gasteiger partial charge is 0.748 e. The summed E-state index contributed by atoms with van der Waals surface area (Å²) >= 11 is 0. The smallest absolute Gasteiger partial charge is 0.263 e. The first-order chi connectivity index (χ1) is 13.5. The molecule has 7 nitrogen and oxygen atoms in total. The lowest BCUT2D eigenvalue weighted by atomic mass is 9.90. The van der Waals surface area contributed by atoms with E-state index in [2.05, 4.69) is 0 Å². The number of carbonyl (C=O) groups is 2. The van der Waals surface area contributed by atoms with Crippen molar-refractivity contribution >= 4 is 21.7 Å². The van der Waals surface area contributed by atoms with E-state index in [1.807, 2.05) is 36.8 Å². The molecule has 1 heterocycles. The monoisotopic (exact) mass is 418 g/mol. The van der Waals surface area contributed by atoms with Crippen molar-refractivity contribution < 1.29 is 27.1 Å². The van der Waals surface area contributed by atoms with E-state index in [0.29, 0.717) is 42.0 Å². The zero-order valence-corrected chi connectivity index (χ0v) is 18.0. The summed E-state index contributed by atoms with van der Waals surface area (Å²) in [5, 5.41) is 0. The van der Waals surface area contributed by atoms with Gasteiger partial charge in [0.2, 0.25) is 23.0 Å². The fourth-order valence-corrected chi connectivity index (χ4v) is 4.65. The van der Waals surface area contributed by atoms with Gasteiger partial charge in [-0.25, -0.2) is 17.6 Å². The molecule has 0 amide bonds. The average Bonchev–Trinajstić information content (AvgIpc) is 2.97. The molecular formula is C21H26N2O5S. The van der Waals surface area contributed by atoms with Gasteiger partial charge in [0.15, 0.2) is 0 Å². The Kier molecular flexibility index (Phi) is 5.53. The van der Waals surface area contributed by atoms with E-state index in [4.69, 9.17) is 0 Å². The molecule has 0 bridgehead atoms. The molecule has 1 aromatic heterocycles. The van der Waals surface area contributed by atoms with Crippen LogP contribution in [0.2, 0.25) is 0 Å². The Morgan fingerprint density at radius 2 is 1.62 bits per heavy atom. The number of aromatic nitrogens is 2. The number of nitrogens with zero attached hydrogens (tertiary/aromatic N) is 2. The molecule has 29 heavy (non-hydrogen) atoms. The first-order valence-corrected chi connectivity index (χ1v) is 11.3. The van der Waals surface area contributed by atoms with Gasteiger partial charge in [-0.05, 0) is 40.5 Å². The number of benzene rings is 1. The van der Waals surface area contributed by atoms with Crippen molar-refractivity contribution in [2.24, 2.45) is 0 Å². The fourth-order valence-electron chi connectivity index (χ4n) is 4.09. The van der Waals surface area contributed by atoms with Crippen LogP contribution in [0.1, 0.15) is 78.5 Å². The summed E-state index contributed by atoms with van der Waals surface area (Å²) in [4.78, 5) is 26.6. The van der Waals surface area contributed by atoms with Crippen molar-refractivity contribution in [2.45, 2.75) is 59.0 Å². The van der Waals surface area contributed by atoms with Gasteiger partial charge in [0.25, 0.3) is 5.82 Å². The molecule has 0 saturated heterocycles. The minimum Gasteiger partial charge on any atom is -0.748 e. The summed E-state index contributed by atoms with van der Waals surface area (Å²) in [6.45, 7) is 8.86. The normalized spacial score (nSPS) is 14.1. The SMILES string of the molecule is CCn1c2c([n+](CCCCS(=O)(=O)[O-])c1C(C)(C)C)C(=O)c1ccccc1C2=O. The summed E-state index contributed by atoms with van der Waals surface area (Å²) in [7, 11) is -4.28. The third-order valence-electron chi connectivity index (χ3n) is 5.14. The predicted octanol–water partition coefficient (Wildman–Crippen LogP) is 2.19. The van der Waals surface area contributed by atoms with Gasteiger partial charge in [-0.15, -0.1) is 0 Å². The lowest BCUT2D eigenvalue weighted by Gasteiger charge is -2.17. The van der Waals surface area contributed by atoms with Gasteiger partial charge in [0, 0.05) is 16.9 Å². The molecule has 0 spiro atoms. The first kappa shape index (κ1) is 21.4. The zero-order valence-electron chi connectivity index (χ0n) is 17.2. The summed E-state index contributed by atoms with van der Waals surface area (Å²) in [5.41, 5.74) is 1.17. The highest BCUT2D eigenvalue weighted by Crippen LogP contribution is 2.31. The molecule has 3 rings (SSSR count). The average molecular weight is 419 g/mol. The third-order valence-corrected chi connectivity index (χ3v) is 5.92. The van der Waals surface area contributed by atoms with Crippen LogP contribution in [-0.4, -0.2) is 34.9 Å². The van der Waals surface area contributed by atoms with Crippen LogP contribution in [0.15, 0.2) is 24.3 Å². The van der Waals surface area contributed by atoms with Crippen molar-refractivity contribution in [3.63, 3.8) is 0 Å². The number of hydrogen-bond donors (Lipinski definition) is 0. The Bertz CT molecular complexity index is 1090. The summed E-state index contributed by atoms with van der Waals surface area (Å²) in [5.74, 6) is 0.0161. The molecule has 1 aliphatic rings. The number of carbonyl (C=O) groups excluding carboxylic acids is 2. The van der Waals surface area contributed by atoms with E-state index >= 15 is 0 Å². The Hall–Kier alpha value is -2.32.